The molecule has 56 valence electrons. The van der Waals surface area contributed by atoms with Crippen LogP contribution in [0, 0.1) is 22.7 Å². The third kappa shape index (κ3) is 28.1. The highest BCUT2D eigenvalue weighted by Crippen LogP contribution is 1.88. The first-order chi connectivity index (χ1) is 4.83. The highest BCUT2D eigenvalue weighted by molar-refractivity contribution is 4.66. The summed E-state index contributed by atoms with van der Waals surface area (Å²) in [4.78, 5) is 0. The van der Waals surface area contributed by atoms with Gasteiger partial charge in [0.1, 0.15) is 0 Å². The largest absolute Gasteiger partial charge is 0.198 e. The lowest BCUT2D eigenvalue weighted by Gasteiger charge is -1.77. The molecule has 0 amide bonds. The summed E-state index contributed by atoms with van der Waals surface area (Å²) in [5.74, 6) is 0. The van der Waals surface area contributed by atoms with Crippen LogP contribution >= 0.6 is 0 Å². The molecule has 0 aliphatic carbocycles. The van der Waals surface area contributed by atoms with E-state index in [0.717, 1.165) is 19.3 Å². The number of rotatable bonds is 2. The number of nitriles is 2. The highest BCUT2D eigenvalue weighted by Gasteiger charge is 1.74. The predicted molar refractivity (Wildman–Crippen MR) is 41.0 cm³/mol. The van der Waals surface area contributed by atoms with Crippen LogP contribution in [-0.4, -0.2) is 0 Å². The topological polar surface area (TPSA) is 47.6 Å². The molecule has 0 aliphatic heterocycles. The van der Waals surface area contributed by atoms with Crippen molar-refractivity contribution in [2.45, 2.75) is 39.5 Å². The van der Waals surface area contributed by atoms with Gasteiger partial charge in [-0.1, -0.05) is 20.3 Å². The summed E-state index contributed by atoms with van der Waals surface area (Å²) in [7, 11) is 0. The third-order valence-electron chi connectivity index (χ3n) is 0.800. The molecule has 0 aliphatic rings. The number of hydrogen-bond acceptors (Lipinski definition) is 2. The van der Waals surface area contributed by atoms with E-state index < -0.39 is 0 Å². The Labute approximate surface area is 63.1 Å². The summed E-state index contributed by atoms with van der Waals surface area (Å²) in [6.07, 6.45) is 3.53. The van der Waals surface area contributed by atoms with Gasteiger partial charge in [0.25, 0.3) is 0 Å². The lowest BCUT2D eigenvalue weighted by molar-refractivity contribution is 0.822. The molecule has 2 heteroatoms. The molecule has 0 aromatic heterocycles. The fourth-order valence-corrected chi connectivity index (χ4v) is 0.256. The van der Waals surface area contributed by atoms with Gasteiger partial charge in [0.05, 0.1) is 12.1 Å². The molecule has 0 bridgehead atoms. The van der Waals surface area contributed by atoms with Crippen molar-refractivity contribution in [1.29, 1.82) is 10.5 Å². The molecular formula is C8H14N2. The molecule has 0 saturated carbocycles. The molecule has 0 spiro atoms. The van der Waals surface area contributed by atoms with E-state index in [1.807, 2.05) is 13.0 Å². The van der Waals surface area contributed by atoms with Crippen LogP contribution in [0.15, 0.2) is 0 Å². The smallest absolute Gasteiger partial charge is 0.0621 e. The van der Waals surface area contributed by atoms with E-state index in [-0.39, 0.29) is 0 Å². The first kappa shape index (κ1) is 11.7. The van der Waals surface area contributed by atoms with Crippen molar-refractivity contribution >= 4 is 0 Å². The van der Waals surface area contributed by atoms with E-state index in [2.05, 4.69) is 13.0 Å². The minimum Gasteiger partial charge on any atom is -0.198 e. The Morgan fingerprint density at radius 2 is 1.60 bits per heavy atom. The molecule has 0 aromatic rings. The quantitative estimate of drug-likeness (QED) is 0.550. The van der Waals surface area contributed by atoms with Crippen molar-refractivity contribution in [3.05, 3.63) is 0 Å². The minimum absolute atomic E-state index is 0.625. The molecule has 0 saturated heterocycles. The lowest BCUT2D eigenvalue weighted by Crippen LogP contribution is -1.62. The molecule has 0 N–H and O–H groups in total. The maximum Gasteiger partial charge on any atom is 0.0621 e. The number of hydrogen-bond donors (Lipinski definition) is 0. The van der Waals surface area contributed by atoms with Gasteiger partial charge in [-0.25, -0.2) is 0 Å². The van der Waals surface area contributed by atoms with Crippen molar-refractivity contribution in [2.24, 2.45) is 0 Å². The van der Waals surface area contributed by atoms with Gasteiger partial charge in [0.2, 0.25) is 0 Å². The molecule has 0 fully saturated rings. The average molecular weight is 138 g/mol. The monoisotopic (exact) mass is 138 g/mol. The molecule has 0 aromatic carbocycles. The second kappa shape index (κ2) is 15.7. The summed E-state index contributed by atoms with van der Waals surface area (Å²) in [6, 6.07) is 4.00. The lowest BCUT2D eigenvalue weighted by atomic mass is 10.3. The van der Waals surface area contributed by atoms with Crippen LogP contribution in [-0.2, 0) is 0 Å². The summed E-state index contributed by atoms with van der Waals surface area (Å²) < 4.78 is 0. The van der Waals surface area contributed by atoms with Crippen molar-refractivity contribution in [1.82, 2.24) is 0 Å². The maximum absolute atomic E-state index is 7.95. The molecule has 0 unspecified atom stereocenters. The van der Waals surface area contributed by atoms with Gasteiger partial charge in [-0.2, -0.15) is 10.5 Å². The van der Waals surface area contributed by atoms with E-state index in [0.29, 0.717) is 6.42 Å². The van der Waals surface area contributed by atoms with Crippen molar-refractivity contribution < 1.29 is 0 Å². The Morgan fingerprint density at radius 1 is 1.10 bits per heavy atom. The fourth-order valence-electron chi connectivity index (χ4n) is 0.256. The van der Waals surface area contributed by atoms with E-state index in [1.54, 1.807) is 0 Å². The van der Waals surface area contributed by atoms with Crippen LogP contribution in [0.2, 0.25) is 0 Å². The zero-order chi connectivity index (χ0) is 8.24. The number of nitrogens with zero attached hydrogens (tertiary/aromatic N) is 2. The summed E-state index contributed by atoms with van der Waals surface area (Å²) >= 11 is 0. The van der Waals surface area contributed by atoms with Gasteiger partial charge in [0, 0.05) is 12.8 Å². The van der Waals surface area contributed by atoms with E-state index in [1.165, 1.54) is 0 Å². The van der Waals surface area contributed by atoms with Gasteiger partial charge in [-0.15, -0.1) is 0 Å². The zero-order valence-electron chi connectivity index (χ0n) is 6.72. The van der Waals surface area contributed by atoms with Gasteiger partial charge < -0.3 is 0 Å². The first-order valence-electron chi connectivity index (χ1n) is 3.57. The van der Waals surface area contributed by atoms with Crippen LogP contribution in [0.3, 0.4) is 0 Å². The van der Waals surface area contributed by atoms with E-state index in [4.69, 9.17) is 10.5 Å². The van der Waals surface area contributed by atoms with Crippen molar-refractivity contribution in [2.75, 3.05) is 0 Å². The Hall–Kier alpha value is -1.02. The summed E-state index contributed by atoms with van der Waals surface area (Å²) in [5, 5.41) is 15.6. The van der Waals surface area contributed by atoms with Crippen LogP contribution < -0.4 is 0 Å². The van der Waals surface area contributed by atoms with Crippen LogP contribution in [0.5, 0.6) is 0 Å². The minimum atomic E-state index is 0.625. The second-order valence-electron chi connectivity index (χ2n) is 1.77. The normalized spacial score (nSPS) is 6.40. The maximum atomic E-state index is 7.95. The van der Waals surface area contributed by atoms with E-state index >= 15 is 0 Å². The fraction of sp³-hybridized carbons (Fsp3) is 0.750. The SMILES string of the molecule is CCC#N.CCCCC#N. The Balaban J connectivity index is 0. The van der Waals surface area contributed by atoms with Gasteiger partial charge in [-0.3, -0.25) is 0 Å². The summed E-state index contributed by atoms with van der Waals surface area (Å²) in [6.45, 7) is 3.90. The van der Waals surface area contributed by atoms with Crippen molar-refractivity contribution in [3.63, 3.8) is 0 Å². The molecule has 10 heavy (non-hydrogen) atoms. The number of unbranched alkanes of at least 4 members (excludes halogenated alkanes) is 2. The first-order valence-corrected chi connectivity index (χ1v) is 3.57. The standard InChI is InChI=1S/C5H9N.C3H5N/c1-2-3-4-5-6;1-2-3-4/h2-4H2,1H3;2H2,1H3. The molecular weight excluding hydrogens is 124 g/mol. The Bertz CT molecular complexity index is 116. The van der Waals surface area contributed by atoms with Gasteiger partial charge in [-0.05, 0) is 6.42 Å². The Kier molecular flexibility index (Phi) is 18.4. The van der Waals surface area contributed by atoms with Crippen LogP contribution in [0.4, 0.5) is 0 Å². The van der Waals surface area contributed by atoms with Gasteiger partial charge in [0.15, 0.2) is 0 Å². The molecule has 0 atom stereocenters. The molecule has 0 radical (unpaired) electrons. The van der Waals surface area contributed by atoms with E-state index in [9.17, 15) is 0 Å². The molecule has 0 rings (SSSR count). The highest BCUT2D eigenvalue weighted by atomic mass is 14.2. The van der Waals surface area contributed by atoms with Crippen molar-refractivity contribution in [3.8, 4) is 12.1 Å². The second-order valence-corrected chi connectivity index (χ2v) is 1.77. The predicted octanol–water partition coefficient (Wildman–Crippen LogP) is 2.62. The third-order valence-corrected chi connectivity index (χ3v) is 0.800. The Morgan fingerprint density at radius 3 is 1.70 bits per heavy atom. The van der Waals surface area contributed by atoms with Gasteiger partial charge >= 0.3 is 0 Å². The molecule has 2 nitrogen and oxygen atoms in total. The van der Waals surface area contributed by atoms with Crippen LogP contribution in [0.1, 0.15) is 39.5 Å². The van der Waals surface area contributed by atoms with Crippen LogP contribution in [0.25, 0.3) is 0 Å². The average Bonchev–Trinajstić information content (AvgIpc) is 2.01. The summed E-state index contributed by atoms with van der Waals surface area (Å²) in [5.41, 5.74) is 0. The molecule has 0 heterocycles. The zero-order valence-corrected chi connectivity index (χ0v) is 6.72.